The fraction of sp³-hybridized carbons (Fsp3) is 0.318. The molecule has 11 heteroatoms. The van der Waals surface area contributed by atoms with Gasteiger partial charge in [0, 0.05) is 32.7 Å². The minimum absolute atomic E-state index is 0.0352. The number of hydrogen-bond acceptors (Lipinski definition) is 5. The first-order valence-corrected chi connectivity index (χ1v) is 11.6. The molecule has 2 aromatic rings. The molecule has 0 aliphatic rings. The lowest BCUT2D eigenvalue weighted by Gasteiger charge is -2.24. The molecule has 0 heterocycles. The van der Waals surface area contributed by atoms with Crippen LogP contribution in [-0.2, 0) is 31.0 Å². The van der Waals surface area contributed by atoms with Gasteiger partial charge in [-0.25, -0.2) is 12.8 Å². The summed E-state index contributed by atoms with van der Waals surface area (Å²) in [4.78, 5) is 37.2. The number of nitrogens with zero attached hydrogens (tertiary/aromatic N) is 2. The van der Waals surface area contributed by atoms with Gasteiger partial charge >= 0.3 is 0 Å². The van der Waals surface area contributed by atoms with Gasteiger partial charge in [-0.2, -0.15) is 4.31 Å². The first kappa shape index (κ1) is 25.9. The maximum atomic E-state index is 13.0. The zero-order valence-electron chi connectivity index (χ0n) is 18.7. The van der Waals surface area contributed by atoms with E-state index in [1.807, 2.05) is 0 Å². The zero-order valence-corrected chi connectivity index (χ0v) is 19.5. The Kier molecular flexibility index (Phi) is 9.06. The summed E-state index contributed by atoms with van der Waals surface area (Å²) in [6.07, 6.45) is 0. The predicted octanol–water partition coefficient (Wildman–Crippen LogP) is 1.57. The van der Waals surface area contributed by atoms with Crippen LogP contribution in [0.15, 0.2) is 53.4 Å². The highest BCUT2D eigenvalue weighted by atomic mass is 32.2. The molecule has 2 rings (SSSR count). The van der Waals surface area contributed by atoms with E-state index in [0.29, 0.717) is 11.3 Å². The minimum Gasteiger partial charge on any atom is -0.350 e. The summed E-state index contributed by atoms with van der Waals surface area (Å²) in [6, 6.07) is 11.2. The van der Waals surface area contributed by atoms with Crippen LogP contribution in [-0.4, -0.2) is 62.0 Å². The van der Waals surface area contributed by atoms with Crippen LogP contribution in [0.3, 0.4) is 0 Å². The molecule has 0 atom stereocenters. The van der Waals surface area contributed by atoms with E-state index < -0.39 is 28.4 Å². The van der Waals surface area contributed by atoms with E-state index in [1.54, 1.807) is 19.1 Å². The molecule has 0 bridgehead atoms. The van der Waals surface area contributed by atoms with Crippen LogP contribution in [0.5, 0.6) is 0 Å². The molecule has 2 N–H and O–H groups in total. The number of carbonyl (C=O) groups excluding carboxylic acids is 3. The molecule has 2 aromatic carbocycles. The minimum atomic E-state index is -3.96. The smallest absolute Gasteiger partial charge is 0.243 e. The van der Waals surface area contributed by atoms with Crippen molar-refractivity contribution in [1.82, 2.24) is 14.5 Å². The lowest BCUT2D eigenvalue weighted by molar-refractivity contribution is -0.135. The van der Waals surface area contributed by atoms with Crippen molar-refractivity contribution >= 4 is 33.4 Å². The van der Waals surface area contributed by atoms with Crippen LogP contribution in [0.4, 0.5) is 10.1 Å². The fourth-order valence-corrected chi connectivity index (χ4v) is 4.00. The molecule has 0 fully saturated rings. The Morgan fingerprint density at radius 3 is 2.12 bits per heavy atom. The van der Waals surface area contributed by atoms with Crippen LogP contribution in [0, 0.1) is 5.82 Å². The van der Waals surface area contributed by atoms with Crippen LogP contribution < -0.4 is 10.6 Å². The highest BCUT2D eigenvalue weighted by molar-refractivity contribution is 7.89. The molecule has 0 saturated heterocycles. The van der Waals surface area contributed by atoms with E-state index in [9.17, 15) is 27.2 Å². The highest BCUT2D eigenvalue weighted by Crippen LogP contribution is 2.17. The molecule has 0 unspecified atom stereocenters. The number of anilines is 1. The van der Waals surface area contributed by atoms with Gasteiger partial charge < -0.3 is 15.5 Å². The fourth-order valence-electron chi connectivity index (χ4n) is 2.88. The Hall–Kier alpha value is -3.31. The third kappa shape index (κ3) is 7.65. The van der Waals surface area contributed by atoms with E-state index in [1.165, 1.54) is 55.3 Å². The lowest BCUT2D eigenvalue weighted by atomic mass is 10.2. The summed E-state index contributed by atoms with van der Waals surface area (Å²) in [7, 11) is -2.68. The third-order valence-corrected chi connectivity index (χ3v) is 6.53. The van der Waals surface area contributed by atoms with E-state index >= 15 is 0 Å². The number of carbonyl (C=O) groups is 3. The standard InChI is InChI=1S/C22H27FN4O5S/c1-4-27(14-21(29)24-13-17-5-7-18(23)8-6-17)22(30)15-26(3)33(31,32)20-11-9-19(10-12-20)25-16(2)28/h5-12H,4,13-15H2,1-3H3,(H,24,29)(H,25,28). The van der Waals surface area contributed by atoms with Gasteiger partial charge in [-0.3, -0.25) is 14.4 Å². The highest BCUT2D eigenvalue weighted by Gasteiger charge is 2.25. The quantitative estimate of drug-likeness (QED) is 0.538. The van der Waals surface area contributed by atoms with Gasteiger partial charge in [0.15, 0.2) is 0 Å². The monoisotopic (exact) mass is 478 g/mol. The number of rotatable bonds is 10. The third-order valence-electron chi connectivity index (χ3n) is 4.71. The zero-order chi connectivity index (χ0) is 24.6. The van der Waals surface area contributed by atoms with Crippen molar-refractivity contribution in [2.45, 2.75) is 25.3 Å². The Morgan fingerprint density at radius 2 is 1.58 bits per heavy atom. The number of sulfonamides is 1. The normalized spacial score (nSPS) is 11.2. The Morgan fingerprint density at radius 1 is 0.970 bits per heavy atom. The van der Waals surface area contributed by atoms with Gasteiger partial charge in [0.1, 0.15) is 5.82 Å². The van der Waals surface area contributed by atoms with Crippen LogP contribution in [0.25, 0.3) is 0 Å². The van der Waals surface area contributed by atoms with E-state index in [-0.39, 0.29) is 36.3 Å². The molecule has 3 amide bonds. The summed E-state index contributed by atoms with van der Waals surface area (Å²) in [5.74, 6) is -1.62. The second-order valence-corrected chi connectivity index (χ2v) is 9.32. The molecule has 0 aromatic heterocycles. The maximum Gasteiger partial charge on any atom is 0.243 e. The van der Waals surface area contributed by atoms with Gasteiger partial charge in [-0.05, 0) is 48.9 Å². The topological polar surface area (TPSA) is 116 Å². The average molecular weight is 479 g/mol. The van der Waals surface area contributed by atoms with Gasteiger partial charge in [-0.1, -0.05) is 12.1 Å². The molecule has 0 aliphatic carbocycles. The largest absolute Gasteiger partial charge is 0.350 e. The van der Waals surface area contributed by atoms with Crippen molar-refractivity contribution in [3.63, 3.8) is 0 Å². The first-order chi connectivity index (χ1) is 15.5. The average Bonchev–Trinajstić information content (AvgIpc) is 2.76. The van der Waals surface area contributed by atoms with Gasteiger partial charge in [-0.15, -0.1) is 0 Å². The molecule has 178 valence electrons. The number of likely N-dealkylation sites (N-methyl/N-ethyl adjacent to an activating group) is 2. The predicted molar refractivity (Wildman–Crippen MR) is 121 cm³/mol. The van der Waals surface area contributed by atoms with Crippen LogP contribution >= 0.6 is 0 Å². The number of nitrogens with one attached hydrogen (secondary N) is 2. The number of hydrogen-bond donors (Lipinski definition) is 2. The van der Waals surface area contributed by atoms with Gasteiger partial charge in [0.05, 0.1) is 18.0 Å². The second kappa shape index (κ2) is 11.5. The molecule has 9 nitrogen and oxygen atoms in total. The molecular weight excluding hydrogens is 451 g/mol. The molecule has 0 spiro atoms. The Labute approximate surface area is 192 Å². The van der Waals surface area contributed by atoms with Gasteiger partial charge in [0.2, 0.25) is 27.7 Å². The summed E-state index contributed by atoms with van der Waals surface area (Å²) in [6.45, 7) is 2.72. The molecular formula is C22H27FN4O5S. The Bertz CT molecular complexity index is 1090. The van der Waals surface area contributed by atoms with E-state index in [0.717, 1.165) is 4.31 Å². The van der Waals surface area contributed by atoms with Crippen molar-refractivity contribution in [3.05, 3.63) is 59.9 Å². The summed E-state index contributed by atoms with van der Waals surface area (Å²) in [5.41, 5.74) is 1.15. The number of benzene rings is 2. The molecule has 0 aliphatic heterocycles. The van der Waals surface area contributed by atoms with Crippen LogP contribution in [0.1, 0.15) is 19.4 Å². The van der Waals surface area contributed by atoms with Gasteiger partial charge in [0.25, 0.3) is 0 Å². The first-order valence-electron chi connectivity index (χ1n) is 10.2. The number of amides is 3. The van der Waals surface area contributed by atoms with Crippen molar-refractivity contribution in [2.75, 3.05) is 32.0 Å². The second-order valence-electron chi connectivity index (χ2n) is 7.28. The summed E-state index contributed by atoms with van der Waals surface area (Å²) < 4.78 is 39.4. The Balaban J connectivity index is 1.95. The number of halogens is 1. The molecule has 0 radical (unpaired) electrons. The molecule has 0 saturated carbocycles. The van der Waals surface area contributed by atoms with Crippen LogP contribution in [0.2, 0.25) is 0 Å². The van der Waals surface area contributed by atoms with Crippen molar-refractivity contribution in [1.29, 1.82) is 0 Å². The van der Waals surface area contributed by atoms with E-state index in [4.69, 9.17) is 0 Å². The SMILES string of the molecule is CCN(CC(=O)NCc1ccc(F)cc1)C(=O)CN(C)S(=O)(=O)c1ccc(NC(C)=O)cc1. The molecule has 33 heavy (non-hydrogen) atoms. The van der Waals surface area contributed by atoms with Crippen molar-refractivity contribution in [2.24, 2.45) is 0 Å². The summed E-state index contributed by atoms with van der Waals surface area (Å²) in [5, 5.41) is 5.20. The van der Waals surface area contributed by atoms with E-state index in [2.05, 4.69) is 10.6 Å². The maximum absolute atomic E-state index is 13.0. The lowest BCUT2D eigenvalue weighted by Crippen LogP contribution is -2.45. The van der Waals surface area contributed by atoms with Crippen molar-refractivity contribution < 1.29 is 27.2 Å². The van der Waals surface area contributed by atoms with Crippen molar-refractivity contribution in [3.8, 4) is 0 Å². The summed E-state index contributed by atoms with van der Waals surface area (Å²) >= 11 is 0.